The smallest absolute Gasteiger partial charge is 0.0107 e. The molecule has 0 amide bonds. The van der Waals surface area contributed by atoms with Crippen LogP contribution in [0.5, 0.6) is 0 Å². The maximum Gasteiger partial charge on any atom is 0.0107 e. The predicted molar refractivity (Wildman–Crippen MR) is 90.6 cm³/mol. The van der Waals surface area contributed by atoms with Gasteiger partial charge in [0, 0.05) is 16.7 Å². The third kappa shape index (κ3) is 3.79. The van der Waals surface area contributed by atoms with Gasteiger partial charge in [-0.05, 0) is 55.7 Å². The fraction of sp³-hybridized carbons (Fsp3) is 0.667. The van der Waals surface area contributed by atoms with Crippen LogP contribution in [0.1, 0.15) is 52.0 Å². The summed E-state index contributed by atoms with van der Waals surface area (Å²) < 4.78 is 0. The molecule has 1 nitrogen and oxygen atoms in total. The molecular formula is C18H29NS. The second-order valence-corrected chi connectivity index (χ2v) is 7.49. The highest BCUT2D eigenvalue weighted by Gasteiger charge is 2.29. The molecule has 2 rings (SSSR count). The molecule has 112 valence electrons. The Morgan fingerprint density at radius 3 is 2.70 bits per heavy atom. The van der Waals surface area contributed by atoms with Gasteiger partial charge in [0.05, 0.1) is 0 Å². The van der Waals surface area contributed by atoms with Crippen molar-refractivity contribution < 1.29 is 0 Å². The minimum absolute atomic E-state index is 0.618. The van der Waals surface area contributed by atoms with Gasteiger partial charge in [-0.1, -0.05) is 39.0 Å². The van der Waals surface area contributed by atoms with Gasteiger partial charge in [0.15, 0.2) is 0 Å². The second-order valence-electron chi connectivity index (χ2n) is 6.43. The second kappa shape index (κ2) is 7.51. The lowest BCUT2D eigenvalue weighted by Crippen LogP contribution is -2.37. The average Bonchev–Trinajstić information content (AvgIpc) is 2.85. The third-order valence-corrected chi connectivity index (χ3v) is 5.82. The van der Waals surface area contributed by atoms with E-state index in [0.717, 1.165) is 24.3 Å². The summed E-state index contributed by atoms with van der Waals surface area (Å²) in [6.45, 7) is 10.5. The summed E-state index contributed by atoms with van der Waals surface area (Å²) in [7, 11) is 0. The number of nitrogens with one attached hydrogen (secondary N) is 1. The summed E-state index contributed by atoms with van der Waals surface area (Å²) in [4.78, 5) is 1.51. The maximum atomic E-state index is 3.70. The van der Waals surface area contributed by atoms with Crippen LogP contribution in [0.4, 0.5) is 0 Å². The molecule has 1 heterocycles. The molecule has 1 aromatic carbocycles. The van der Waals surface area contributed by atoms with Gasteiger partial charge in [-0.3, -0.25) is 0 Å². The molecule has 0 aliphatic carbocycles. The summed E-state index contributed by atoms with van der Waals surface area (Å²) in [5.74, 6) is 3.52. The molecule has 0 radical (unpaired) electrons. The molecule has 0 saturated heterocycles. The van der Waals surface area contributed by atoms with E-state index in [-0.39, 0.29) is 0 Å². The summed E-state index contributed by atoms with van der Waals surface area (Å²) in [5, 5.41) is 3.70. The molecule has 0 saturated carbocycles. The Morgan fingerprint density at radius 1 is 1.25 bits per heavy atom. The summed E-state index contributed by atoms with van der Waals surface area (Å²) in [6.07, 6.45) is 2.54. The Labute approximate surface area is 128 Å². The van der Waals surface area contributed by atoms with Crippen molar-refractivity contribution in [2.24, 2.45) is 11.8 Å². The third-order valence-electron chi connectivity index (χ3n) is 4.57. The molecular weight excluding hydrogens is 262 g/mol. The molecule has 20 heavy (non-hydrogen) atoms. The molecule has 3 unspecified atom stereocenters. The molecule has 2 heteroatoms. The molecule has 0 aromatic heterocycles. The Hall–Kier alpha value is -0.470. The molecule has 1 N–H and O–H groups in total. The van der Waals surface area contributed by atoms with Crippen LogP contribution >= 0.6 is 11.8 Å². The molecule has 3 atom stereocenters. The van der Waals surface area contributed by atoms with E-state index in [1.54, 1.807) is 5.56 Å². The number of thioether (sulfide) groups is 1. The first-order valence-corrected chi connectivity index (χ1v) is 9.07. The number of hydrogen-bond acceptors (Lipinski definition) is 2. The van der Waals surface area contributed by atoms with E-state index in [1.165, 1.54) is 23.5 Å². The van der Waals surface area contributed by atoms with Crippen molar-refractivity contribution in [3.63, 3.8) is 0 Å². The van der Waals surface area contributed by atoms with Crippen molar-refractivity contribution in [3.8, 4) is 0 Å². The van der Waals surface area contributed by atoms with Crippen molar-refractivity contribution in [3.05, 3.63) is 29.8 Å². The Bertz CT molecular complexity index is 416. The normalized spacial score (nSPS) is 20.9. The van der Waals surface area contributed by atoms with Crippen molar-refractivity contribution in [1.29, 1.82) is 0 Å². The molecule has 0 bridgehead atoms. The van der Waals surface area contributed by atoms with E-state index >= 15 is 0 Å². The zero-order valence-corrected chi connectivity index (χ0v) is 14.2. The van der Waals surface area contributed by atoms with Gasteiger partial charge in [0.2, 0.25) is 0 Å². The highest BCUT2D eigenvalue weighted by molar-refractivity contribution is 7.99. The zero-order chi connectivity index (χ0) is 14.5. The quantitative estimate of drug-likeness (QED) is 0.764. The molecule has 1 aliphatic rings. The van der Waals surface area contributed by atoms with Gasteiger partial charge in [-0.2, -0.15) is 0 Å². The van der Waals surface area contributed by atoms with E-state index in [1.807, 2.05) is 11.8 Å². The summed E-state index contributed by atoms with van der Waals surface area (Å²) in [6, 6.07) is 9.60. The first-order chi connectivity index (χ1) is 9.63. The maximum absolute atomic E-state index is 3.70. The van der Waals surface area contributed by atoms with Crippen LogP contribution in [0.2, 0.25) is 0 Å². The van der Waals surface area contributed by atoms with Gasteiger partial charge < -0.3 is 5.32 Å². The SMILES string of the molecule is CCCNC(C)C(CC1CSc2ccccc21)C(C)C. The fourth-order valence-corrected chi connectivity index (χ4v) is 4.60. The largest absolute Gasteiger partial charge is 0.314 e. The van der Waals surface area contributed by atoms with E-state index in [2.05, 4.69) is 57.3 Å². The molecule has 0 fully saturated rings. The standard InChI is InChI=1S/C18H29NS/c1-5-10-19-14(4)17(13(2)3)11-15-12-20-18-9-7-6-8-16(15)18/h6-9,13-15,17,19H,5,10-12H2,1-4H3. The van der Waals surface area contributed by atoms with Crippen LogP contribution in [-0.4, -0.2) is 18.3 Å². The fourth-order valence-electron chi connectivity index (χ4n) is 3.33. The Morgan fingerprint density at radius 2 is 2.00 bits per heavy atom. The lowest BCUT2D eigenvalue weighted by molar-refractivity contribution is 0.262. The molecule has 0 spiro atoms. The van der Waals surface area contributed by atoms with Crippen molar-refractivity contribution in [2.75, 3.05) is 12.3 Å². The monoisotopic (exact) mass is 291 g/mol. The van der Waals surface area contributed by atoms with Crippen LogP contribution in [0.3, 0.4) is 0 Å². The van der Waals surface area contributed by atoms with Crippen LogP contribution < -0.4 is 5.32 Å². The highest BCUT2D eigenvalue weighted by Crippen LogP contribution is 2.43. The Kier molecular flexibility index (Phi) is 5.98. The van der Waals surface area contributed by atoms with Gasteiger partial charge in [-0.25, -0.2) is 0 Å². The van der Waals surface area contributed by atoms with Crippen molar-refractivity contribution >= 4 is 11.8 Å². The summed E-state index contributed by atoms with van der Waals surface area (Å²) >= 11 is 2.04. The Balaban J connectivity index is 2.02. The summed E-state index contributed by atoms with van der Waals surface area (Å²) in [5.41, 5.74) is 1.59. The highest BCUT2D eigenvalue weighted by atomic mass is 32.2. The minimum atomic E-state index is 0.618. The number of benzene rings is 1. The van der Waals surface area contributed by atoms with Gasteiger partial charge in [-0.15, -0.1) is 11.8 Å². The van der Waals surface area contributed by atoms with Gasteiger partial charge in [0.25, 0.3) is 0 Å². The minimum Gasteiger partial charge on any atom is -0.314 e. The van der Waals surface area contributed by atoms with Gasteiger partial charge in [0.1, 0.15) is 0 Å². The lowest BCUT2D eigenvalue weighted by Gasteiger charge is -2.30. The number of hydrogen-bond donors (Lipinski definition) is 1. The number of rotatable bonds is 7. The van der Waals surface area contributed by atoms with Crippen LogP contribution in [0.15, 0.2) is 29.2 Å². The van der Waals surface area contributed by atoms with Crippen molar-refractivity contribution in [2.45, 2.75) is 57.4 Å². The lowest BCUT2D eigenvalue weighted by atomic mass is 9.80. The predicted octanol–water partition coefficient (Wildman–Crippen LogP) is 4.93. The number of fused-ring (bicyclic) bond motifs is 1. The average molecular weight is 292 g/mol. The van der Waals surface area contributed by atoms with Crippen LogP contribution in [0, 0.1) is 11.8 Å². The zero-order valence-electron chi connectivity index (χ0n) is 13.4. The first kappa shape index (κ1) is 15.9. The van der Waals surface area contributed by atoms with Crippen LogP contribution in [0.25, 0.3) is 0 Å². The van der Waals surface area contributed by atoms with E-state index in [9.17, 15) is 0 Å². The van der Waals surface area contributed by atoms with Gasteiger partial charge >= 0.3 is 0 Å². The topological polar surface area (TPSA) is 12.0 Å². The van der Waals surface area contributed by atoms with E-state index < -0.39 is 0 Å². The van der Waals surface area contributed by atoms with Crippen LogP contribution in [-0.2, 0) is 0 Å². The molecule has 1 aliphatic heterocycles. The van der Waals surface area contributed by atoms with Crippen molar-refractivity contribution in [1.82, 2.24) is 5.32 Å². The van der Waals surface area contributed by atoms with E-state index in [0.29, 0.717) is 6.04 Å². The van der Waals surface area contributed by atoms with E-state index in [4.69, 9.17) is 0 Å². The first-order valence-electron chi connectivity index (χ1n) is 8.08. The molecule has 1 aromatic rings.